The van der Waals surface area contributed by atoms with Crippen LogP contribution >= 0.6 is 0 Å². The van der Waals surface area contributed by atoms with Crippen molar-refractivity contribution in [1.82, 2.24) is 5.32 Å². The Hall–Kier alpha value is -2.31. The first-order chi connectivity index (χ1) is 11.3. The van der Waals surface area contributed by atoms with Crippen LogP contribution in [0.5, 0.6) is 5.75 Å². The van der Waals surface area contributed by atoms with Gasteiger partial charge in [-0.1, -0.05) is 0 Å². The molecule has 1 aliphatic rings. The summed E-state index contributed by atoms with van der Waals surface area (Å²) in [5.41, 5.74) is -0.131. The SMILES string of the molecule is CC(=O)NC1C(Oc2ccc([N+](=O)[O-])cc2)OC(CO)C(O)C1O.O. The van der Waals surface area contributed by atoms with E-state index in [-0.39, 0.29) is 16.9 Å². The minimum Gasteiger partial charge on any atom is -0.463 e. The van der Waals surface area contributed by atoms with E-state index in [1.807, 2.05) is 0 Å². The number of hydrogen-bond donors (Lipinski definition) is 4. The van der Waals surface area contributed by atoms with Crippen molar-refractivity contribution >= 4 is 11.6 Å². The average molecular weight is 360 g/mol. The zero-order valence-electron chi connectivity index (χ0n) is 13.2. The van der Waals surface area contributed by atoms with Gasteiger partial charge in [0.1, 0.15) is 30.1 Å². The molecule has 5 atom stereocenters. The summed E-state index contributed by atoms with van der Waals surface area (Å²) in [6, 6.07) is 4.02. The van der Waals surface area contributed by atoms with Gasteiger partial charge in [-0.3, -0.25) is 14.9 Å². The highest BCUT2D eigenvalue weighted by Gasteiger charge is 2.46. The third-order valence-corrected chi connectivity index (χ3v) is 3.55. The van der Waals surface area contributed by atoms with Gasteiger partial charge in [-0.25, -0.2) is 0 Å². The van der Waals surface area contributed by atoms with Crippen LogP contribution in [0, 0.1) is 10.1 Å². The van der Waals surface area contributed by atoms with Crippen LogP contribution in [0.25, 0.3) is 0 Å². The Morgan fingerprint density at radius 2 is 1.92 bits per heavy atom. The maximum Gasteiger partial charge on any atom is 0.269 e. The second-order valence-corrected chi connectivity index (χ2v) is 5.30. The number of ether oxygens (including phenoxy) is 2. The molecule has 0 spiro atoms. The fourth-order valence-corrected chi connectivity index (χ4v) is 2.35. The van der Waals surface area contributed by atoms with Crippen molar-refractivity contribution in [2.24, 2.45) is 0 Å². The number of amides is 1. The fourth-order valence-electron chi connectivity index (χ4n) is 2.35. The molecule has 1 saturated heterocycles. The summed E-state index contributed by atoms with van der Waals surface area (Å²) in [6.45, 7) is 0.658. The van der Waals surface area contributed by atoms with Crippen LogP contribution in [0.3, 0.4) is 0 Å². The number of aliphatic hydroxyl groups is 3. The monoisotopic (exact) mass is 360 g/mol. The highest BCUT2D eigenvalue weighted by Crippen LogP contribution is 2.25. The number of aliphatic hydroxyl groups excluding tert-OH is 3. The third kappa shape index (κ3) is 4.84. The first kappa shape index (κ1) is 20.7. The molecule has 1 aromatic rings. The standard InChI is InChI=1S/C14H18N2O8.H2O/c1-7(18)15-11-13(20)12(19)10(6-17)24-14(11)23-9-4-2-8(3-5-9)16(21)22;/h2-5,10-14,17,19-20H,6H2,1H3,(H,15,18);1H2. The summed E-state index contributed by atoms with van der Waals surface area (Å²) in [5.74, 6) is -0.282. The van der Waals surface area contributed by atoms with Crippen LogP contribution in [0.4, 0.5) is 5.69 Å². The highest BCUT2D eigenvalue weighted by atomic mass is 16.7. The topological polar surface area (TPSA) is 183 Å². The van der Waals surface area contributed by atoms with Crippen molar-refractivity contribution in [3.05, 3.63) is 34.4 Å². The van der Waals surface area contributed by atoms with Crippen molar-refractivity contribution in [3.63, 3.8) is 0 Å². The minimum absolute atomic E-state index is 0. The number of rotatable bonds is 5. The zero-order chi connectivity index (χ0) is 17.9. The summed E-state index contributed by atoms with van der Waals surface area (Å²) in [6.07, 6.45) is -5.15. The van der Waals surface area contributed by atoms with Crippen molar-refractivity contribution in [3.8, 4) is 5.75 Å². The Balaban J connectivity index is 0.00000312. The highest BCUT2D eigenvalue weighted by molar-refractivity contribution is 5.73. The summed E-state index contributed by atoms with van der Waals surface area (Å²) in [7, 11) is 0. The van der Waals surface area contributed by atoms with Gasteiger partial charge in [0, 0.05) is 19.1 Å². The summed E-state index contributed by atoms with van der Waals surface area (Å²) < 4.78 is 10.9. The number of benzene rings is 1. The summed E-state index contributed by atoms with van der Waals surface area (Å²) in [5, 5.41) is 42.3. The molecule has 1 aromatic carbocycles. The molecule has 1 heterocycles. The van der Waals surface area contributed by atoms with E-state index in [2.05, 4.69) is 5.32 Å². The average Bonchev–Trinajstić information content (AvgIpc) is 2.54. The number of nitro benzene ring substituents is 1. The normalized spacial score (nSPS) is 28.6. The largest absolute Gasteiger partial charge is 0.463 e. The molecule has 25 heavy (non-hydrogen) atoms. The molecule has 0 bridgehead atoms. The second-order valence-electron chi connectivity index (χ2n) is 5.30. The lowest BCUT2D eigenvalue weighted by atomic mass is 9.97. The quantitative estimate of drug-likeness (QED) is 0.346. The predicted molar refractivity (Wildman–Crippen MR) is 82.7 cm³/mol. The molecular formula is C14H20N2O9. The minimum atomic E-state index is -1.43. The van der Waals surface area contributed by atoms with E-state index in [9.17, 15) is 30.2 Å². The van der Waals surface area contributed by atoms with Crippen LogP contribution in [0.15, 0.2) is 24.3 Å². The molecule has 0 saturated carbocycles. The van der Waals surface area contributed by atoms with Gasteiger partial charge in [0.15, 0.2) is 0 Å². The summed E-state index contributed by atoms with van der Waals surface area (Å²) in [4.78, 5) is 21.4. The molecule has 2 rings (SSSR count). The Kier molecular flexibility index (Phi) is 7.21. The number of nitrogens with one attached hydrogen (secondary N) is 1. The molecule has 11 nitrogen and oxygen atoms in total. The van der Waals surface area contributed by atoms with Crippen molar-refractivity contribution in [2.75, 3.05) is 6.61 Å². The molecule has 0 aromatic heterocycles. The Morgan fingerprint density at radius 3 is 2.40 bits per heavy atom. The lowest BCUT2D eigenvalue weighted by Crippen LogP contribution is -2.65. The number of non-ortho nitro benzene ring substituents is 1. The lowest BCUT2D eigenvalue weighted by Gasteiger charge is -2.42. The van der Waals surface area contributed by atoms with E-state index in [1.54, 1.807) is 0 Å². The van der Waals surface area contributed by atoms with Crippen LogP contribution in [-0.4, -0.2) is 68.9 Å². The van der Waals surface area contributed by atoms with Gasteiger partial charge >= 0.3 is 0 Å². The number of carbonyl (C=O) groups is 1. The maximum absolute atomic E-state index is 11.3. The Morgan fingerprint density at radius 1 is 1.32 bits per heavy atom. The number of carbonyl (C=O) groups excluding carboxylic acids is 1. The van der Waals surface area contributed by atoms with Crippen LogP contribution in [-0.2, 0) is 9.53 Å². The van der Waals surface area contributed by atoms with Gasteiger partial charge < -0.3 is 35.6 Å². The molecule has 6 N–H and O–H groups in total. The first-order valence-electron chi connectivity index (χ1n) is 7.14. The molecular weight excluding hydrogens is 340 g/mol. The Bertz CT molecular complexity index is 594. The second kappa shape index (κ2) is 8.69. The zero-order valence-corrected chi connectivity index (χ0v) is 13.2. The molecule has 1 fully saturated rings. The van der Waals surface area contributed by atoms with Gasteiger partial charge in [-0.2, -0.15) is 0 Å². The maximum atomic E-state index is 11.3. The molecule has 0 aliphatic carbocycles. The number of nitro groups is 1. The number of nitrogens with zero attached hydrogens (tertiary/aromatic N) is 1. The Labute approximate surface area is 142 Å². The van der Waals surface area contributed by atoms with E-state index in [0.29, 0.717) is 0 Å². The van der Waals surface area contributed by atoms with Gasteiger partial charge in [0.25, 0.3) is 5.69 Å². The molecule has 1 amide bonds. The van der Waals surface area contributed by atoms with Crippen LogP contribution in [0.2, 0.25) is 0 Å². The smallest absolute Gasteiger partial charge is 0.269 e. The third-order valence-electron chi connectivity index (χ3n) is 3.55. The van der Waals surface area contributed by atoms with Gasteiger partial charge in [-0.15, -0.1) is 0 Å². The number of hydrogen-bond acceptors (Lipinski definition) is 8. The molecule has 11 heteroatoms. The molecule has 1 aliphatic heterocycles. The van der Waals surface area contributed by atoms with E-state index in [0.717, 1.165) is 0 Å². The molecule has 5 unspecified atom stereocenters. The van der Waals surface area contributed by atoms with Gasteiger partial charge in [0.05, 0.1) is 11.5 Å². The first-order valence-corrected chi connectivity index (χ1v) is 7.14. The lowest BCUT2D eigenvalue weighted by molar-refractivity contribution is -0.384. The van der Waals surface area contributed by atoms with Crippen LogP contribution in [0.1, 0.15) is 6.92 Å². The van der Waals surface area contributed by atoms with Gasteiger partial charge in [-0.05, 0) is 12.1 Å². The van der Waals surface area contributed by atoms with Crippen LogP contribution < -0.4 is 10.1 Å². The fraction of sp³-hybridized carbons (Fsp3) is 0.500. The molecule has 140 valence electrons. The predicted octanol–water partition coefficient (Wildman–Crippen LogP) is -1.91. The van der Waals surface area contributed by atoms with E-state index >= 15 is 0 Å². The van der Waals surface area contributed by atoms with E-state index < -0.39 is 48.1 Å². The van der Waals surface area contributed by atoms with E-state index in [1.165, 1.54) is 31.2 Å². The molecule has 0 radical (unpaired) electrons. The van der Waals surface area contributed by atoms with Crippen molar-refractivity contribution in [2.45, 2.75) is 37.6 Å². The summed E-state index contributed by atoms with van der Waals surface area (Å²) >= 11 is 0. The van der Waals surface area contributed by atoms with Crippen molar-refractivity contribution < 1.29 is 40.0 Å². The van der Waals surface area contributed by atoms with E-state index in [4.69, 9.17) is 9.47 Å². The van der Waals surface area contributed by atoms with Crippen molar-refractivity contribution in [1.29, 1.82) is 0 Å². The van der Waals surface area contributed by atoms with Gasteiger partial charge in [0.2, 0.25) is 12.2 Å².